The van der Waals surface area contributed by atoms with Gasteiger partial charge in [0.25, 0.3) is 0 Å². The van der Waals surface area contributed by atoms with E-state index in [1.165, 1.54) is 18.4 Å². The number of piperidine rings is 1. The predicted octanol–water partition coefficient (Wildman–Crippen LogP) is 2.80. The standard InChI is InChI=1S/C23H29N3O3/c27-22-13-19(16-26(22)17-21-10-6-12-29-21)23(28)24-14-20-9-4-5-11-25(20)15-18-7-2-1-3-8-18/h1-3,6-8,10,12,19-20H,4-5,9,11,13-17H2,(H,24,28)/t19-,20+/m1/s1. The maximum atomic E-state index is 12.7. The summed E-state index contributed by atoms with van der Waals surface area (Å²) in [7, 11) is 0. The quantitative estimate of drug-likeness (QED) is 0.783. The van der Waals surface area contributed by atoms with Gasteiger partial charge in [-0.05, 0) is 37.1 Å². The molecule has 29 heavy (non-hydrogen) atoms. The molecule has 1 N–H and O–H groups in total. The van der Waals surface area contributed by atoms with Gasteiger partial charge in [-0.2, -0.15) is 0 Å². The second-order valence-corrected chi connectivity index (χ2v) is 8.11. The minimum absolute atomic E-state index is 0.00877. The van der Waals surface area contributed by atoms with Crippen molar-refractivity contribution in [2.45, 2.75) is 44.8 Å². The third-order valence-electron chi connectivity index (χ3n) is 6.00. The smallest absolute Gasteiger partial charge is 0.225 e. The Bertz CT molecular complexity index is 806. The highest BCUT2D eigenvalue weighted by Crippen LogP contribution is 2.22. The first-order valence-electron chi connectivity index (χ1n) is 10.5. The normalized spacial score (nSPS) is 22.8. The predicted molar refractivity (Wildman–Crippen MR) is 110 cm³/mol. The van der Waals surface area contributed by atoms with E-state index in [1.54, 1.807) is 11.2 Å². The number of likely N-dealkylation sites (tertiary alicyclic amines) is 2. The average molecular weight is 396 g/mol. The zero-order valence-electron chi connectivity index (χ0n) is 16.8. The van der Waals surface area contributed by atoms with Crippen LogP contribution in [-0.4, -0.2) is 47.3 Å². The number of nitrogens with one attached hydrogen (secondary N) is 1. The van der Waals surface area contributed by atoms with E-state index in [9.17, 15) is 9.59 Å². The van der Waals surface area contributed by atoms with Crippen molar-refractivity contribution >= 4 is 11.8 Å². The van der Waals surface area contributed by atoms with Crippen LogP contribution in [0, 0.1) is 5.92 Å². The van der Waals surface area contributed by atoms with E-state index in [1.807, 2.05) is 18.2 Å². The Hall–Kier alpha value is -2.60. The number of carbonyl (C=O) groups is 2. The van der Waals surface area contributed by atoms with Gasteiger partial charge in [-0.15, -0.1) is 0 Å². The highest BCUT2D eigenvalue weighted by molar-refractivity contribution is 5.89. The highest BCUT2D eigenvalue weighted by atomic mass is 16.3. The summed E-state index contributed by atoms with van der Waals surface area (Å²) in [6, 6.07) is 14.5. The summed E-state index contributed by atoms with van der Waals surface area (Å²) in [5.41, 5.74) is 1.31. The molecule has 154 valence electrons. The molecule has 6 heteroatoms. The fourth-order valence-electron chi connectivity index (χ4n) is 4.37. The molecule has 6 nitrogen and oxygen atoms in total. The van der Waals surface area contributed by atoms with Crippen LogP contribution < -0.4 is 5.32 Å². The molecule has 2 saturated heterocycles. The second kappa shape index (κ2) is 9.27. The van der Waals surface area contributed by atoms with Crippen molar-refractivity contribution in [2.75, 3.05) is 19.6 Å². The van der Waals surface area contributed by atoms with Gasteiger partial charge in [0.2, 0.25) is 11.8 Å². The first-order chi connectivity index (χ1) is 14.2. The SMILES string of the molecule is O=C(NC[C@@H]1CCCCN1Cc1ccccc1)[C@@H]1CC(=O)N(Cc2ccco2)C1. The Morgan fingerprint density at radius 1 is 1.10 bits per heavy atom. The van der Waals surface area contributed by atoms with Crippen LogP contribution in [-0.2, 0) is 22.7 Å². The molecule has 0 unspecified atom stereocenters. The minimum Gasteiger partial charge on any atom is -0.467 e. The lowest BCUT2D eigenvalue weighted by atomic mass is 10.0. The number of rotatable bonds is 7. The molecule has 2 aromatic rings. The number of amides is 2. The summed E-state index contributed by atoms with van der Waals surface area (Å²) in [4.78, 5) is 29.2. The molecule has 2 aliphatic heterocycles. The zero-order chi connectivity index (χ0) is 20.1. The molecule has 3 heterocycles. The maximum Gasteiger partial charge on any atom is 0.225 e. The van der Waals surface area contributed by atoms with Crippen LogP contribution in [0.5, 0.6) is 0 Å². The third kappa shape index (κ3) is 5.07. The molecule has 2 atom stereocenters. The van der Waals surface area contributed by atoms with Crippen molar-refractivity contribution in [1.82, 2.24) is 15.1 Å². The topological polar surface area (TPSA) is 65.8 Å². The van der Waals surface area contributed by atoms with E-state index in [-0.39, 0.29) is 24.2 Å². The van der Waals surface area contributed by atoms with Crippen molar-refractivity contribution in [3.63, 3.8) is 0 Å². The van der Waals surface area contributed by atoms with Crippen LogP contribution in [0.1, 0.15) is 37.0 Å². The lowest BCUT2D eigenvalue weighted by Gasteiger charge is -2.36. The van der Waals surface area contributed by atoms with Crippen molar-refractivity contribution in [1.29, 1.82) is 0 Å². The van der Waals surface area contributed by atoms with Gasteiger partial charge in [0.15, 0.2) is 0 Å². The Labute approximate surface area is 171 Å². The number of nitrogens with zero attached hydrogens (tertiary/aromatic N) is 2. The summed E-state index contributed by atoms with van der Waals surface area (Å²) < 4.78 is 5.33. The molecule has 0 spiro atoms. The first kappa shape index (κ1) is 19.7. The average Bonchev–Trinajstić information content (AvgIpc) is 3.38. The summed E-state index contributed by atoms with van der Waals surface area (Å²) in [6.45, 7) is 3.52. The monoisotopic (exact) mass is 395 g/mol. The van der Waals surface area contributed by atoms with Crippen LogP contribution in [0.25, 0.3) is 0 Å². The number of hydrogen-bond donors (Lipinski definition) is 1. The molecular formula is C23H29N3O3. The van der Waals surface area contributed by atoms with Gasteiger partial charge in [0, 0.05) is 32.1 Å². The number of hydrogen-bond acceptors (Lipinski definition) is 4. The Morgan fingerprint density at radius 3 is 2.76 bits per heavy atom. The van der Waals surface area contributed by atoms with Crippen molar-refractivity contribution in [3.8, 4) is 0 Å². The van der Waals surface area contributed by atoms with Crippen LogP contribution in [0.2, 0.25) is 0 Å². The molecule has 2 amide bonds. The van der Waals surface area contributed by atoms with Gasteiger partial charge in [0.05, 0.1) is 18.7 Å². The summed E-state index contributed by atoms with van der Waals surface area (Å²) >= 11 is 0. The summed E-state index contributed by atoms with van der Waals surface area (Å²) in [5.74, 6) is 0.484. The highest BCUT2D eigenvalue weighted by Gasteiger charge is 2.35. The number of furan rings is 1. The molecule has 0 bridgehead atoms. The molecule has 0 saturated carbocycles. The van der Waals surface area contributed by atoms with Crippen LogP contribution in [0.3, 0.4) is 0 Å². The van der Waals surface area contributed by atoms with Gasteiger partial charge in [-0.25, -0.2) is 0 Å². The Balaban J connectivity index is 1.28. The van der Waals surface area contributed by atoms with E-state index in [0.29, 0.717) is 25.7 Å². The fraction of sp³-hybridized carbons (Fsp3) is 0.478. The van der Waals surface area contributed by atoms with E-state index < -0.39 is 0 Å². The minimum atomic E-state index is -0.274. The lowest BCUT2D eigenvalue weighted by molar-refractivity contribution is -0.129. The summed E-state index contributed by atoms with van der Waals surface area (Å²) in [5, 5.41) is 3.13. The van der Waals surface area contributed by atoms with Gasteiger partial charge < -0.3 is 14.6 Å². The van der Waals surface area contributed by atoms with E-state index in [2.05, 4.69) is 34.5 Å². The molecule has 0 aliphatic carbocycles. The van der Waals surface area contributed by atoms with Crippen molar-refractivity contribution in [3.05, 3.63) is 60.1 Å². The van der Waals surface area contributed by atoms with Crippen LogP contribution in [0.4, 0.5) is 0 Å². The van der Waals surface area contributed by atoms with Crippen LogP contribution >= 0.6 is 0 Å². The molecule has 0 radical (unpaired) electrons. The Morgan fingerprint density at radius 2 is 1.97 bits per heavy atom. The number of benzene rings is 1. The van der Waals surface area contributed by atoms with Gasteiger partial charge in [-0.1, -0.05) is 36.8 Å². The Kier molecular flexibility index (Phi) is 6.30. The molecular weight excluding hydrogens is 366 g/mol. The summed E-state index contributed by atoms with van der Waals surface area (Å²) in [6.07, 6.45) is 5.39. The molecule has 1 aromatic carbocycles. The molecule has 1 aromatic heterocycles. The van der Waals surface area contributed by atoms with E-state index >= 15 is 0 Å². The van der Waals surface area contributed by atoms with Crippen molar-refractivity contribution < 1.29 is 14.0 Å². The maximum absolute atomic E-state index is 12.7. The van der Waals surface area contributed by atoms with Crippen molar-refractivity contribution in [2.24, 2.45) is 5.92 Å². The molecule has 4 rings (SSSR count). The lowest BCUT2D eigenvalue weighted by Crippen LogP contribution is -2.47. The van der Waals surface area contributed by atoms with Gasteiger partial charge in [0.1, 0.15) is 5.76 Å². The largest absolute Gasteiger partial charge is 0.467 e. The molecule has 2 aliphatic rings. The molecule has 2 fully saturated rings. The fourth-order valence-corrected chi connectivity index (χ4v) is 4.37. The second-order valence-electron chi connectivity index (χ2n) is 8.11. The van der Waals surface area contributed by atoms with Crippen LogP contribution in [0.15, 0.2) is 53.1 Å². The zero-order valence-corrected chi connectivity index (χ0v) is 16.8. The third-order valence-corrected chi connectivity index (χ3v) is 6.00. The van der Waals surface area contributed by atoms with Gasteiger partial charge in [-0.3, -0.25) is 14.5 Å². The number of carbonyl (C=O) groups excluding carboxylic acids is 2. The first-order valence-corrected chi connectivity index (χ1v) is 10.5. The van der Waals surface area contributed by atoms with E-state index in [0.717, 1.165) is 25.3 Å². The van der Waals surface area contributed by atoms with E-state index in [4.69, 9.17) is 4.42 Å². The van der Waals surface area contributed by atoms with Gasteiger partial charge >= 0.3 is 0 Å².